The molecule has 27 heavy (non-hydrogen) atoms. The highest BCUT2D eigenvalue weighted by molar-refractivity contribution is 6.05. The van der Waals surface area contributed by atoms with E-state index in [1.165, 1.54) is 0 Å². The van der Waals surface area contributed by atoms with Crippen molar-refractivity contribution < 1.29 is 18.7 Å². The molecule has 1 aromatic carbocycles. The van der Waals surface area contributed by atoms with Crippen molar-refractivity contribution in [1.29, 1.82) is 0 Å². The average molecular weight is 370 g/mol. The molecule has 2 aliphatic heterocycles. The van der Waals surface area contributed by atoms with Crippen LogP contribution in [-0.4, -0.2) is 32.2 Å². The second kappa shape index (κ2) is 7.44. The number of fused-ring (bicyclic) bond motifs is 1. The van der Waals surface area contributed by atoms with E-state index in [9.17, 15) is 9.59 Å². The highest BCUT2D eigenvalue weighted by Gasteiger charge is 2.23. The van der Waals surface area contributed by atoms with Crippen molar-refractivity contribution in [1.82, 2.24) is 5.32 Å². The Morgan fingerprint density at radius 2 is 1.85 bits per heavy atom. The maximum Gasteiger partial charge on any atom is 0.349 e. The second-order valence-corrected chi connectivity index (χ2v) is 6.83. The van der Waals surface area contributed by atoms with Gasteiger partial charge in [-0.1, -0.05) is 0 Å². The summed E-state index contributed by atoms with van der Waals surface area (Å²) in [5.74, 6) is 1.60. The first-order valence-corrected chi connectivity index (χ1v) is 9.18. The van der Waals surface area contributed by atoms with Crippen molar-refractivity contribution in [3.8, 4) is 11.5 Å². The first-order valence-electron chi connectivity index (χ1n) is 9.18. The van der Waals surface area contributed by atoms with Crippen LogP contribution in [-0.2, 0) is 0 Å². The SMILES string of the molecule is Cc1cc(C2CCNCC2)oc(=O)c1C(=O)Nc1ccc2c(c1)OCCO2. The van der Waals surface area contributed by atoms with Gasteiger partial charge in [0.2, 0.25) is 0 Å². The third-order valence-electron chi connectivity index (χ3n) is 4.94. The van der Waals surface area contributed by atoms with E-state index >= 15 is 0 Å². The van der Waals surface area contributed by atoms with Gasteiger partial charge in [-0.2, -0.15) is 0 Å². The number of hydrogen-bond donors (Lipinski definition) is 2. The van der Waals surface area contributed by atoms with Crippen molar-refractivity contribution in [2.75, 3.05) is 31.6 Å². The van der Waals surface area contributed by atoms with Gasteiger partial charge >= 0.3 is 5.63 Å². The zero-order valence-electron chi connectivity index (χ0n) is 15.2. The molecule has 1 fully saturated rings. The van der Waals surface area contributed by atoms with E-state index in [0.717, 1.165) is 25.9 Å². The summed E-state index contributed by atoms with van der Waals surface area (Å²) in [7, 11) is 0. The number of nitrogens with one attached hydrogen (secondary N) is 2. The number of aryl methyl sites for hydroxylation is 1. The van der Waals surface area contributed by atoms with Crippen LogP contribution in [0.25, 0.3) is 0 Å². The summed E-state index contributed by atoms with van der Waals surface area (Å²) in [6.45, 7) is 4.54. The molecule has 2 N–H and O–H groups in total. The number of rotatable bonds is 3. The van der Waals surface area contributed by atoms with Crippen LogP contribution in [0.1, 0.15) is 40.4 Å². The molecule has 0 spiro atoms. The summed E-state index contributed by atoms with van der Waals surface area (Å²) in [5, 5.41) is 6.03. The smallest absolute Gasteiger partial charge is 0.349 e. The van der Waals surface area contributed by atoms with Gasteiger partial charge in [-0.3, -0.25) is 4.79 Å². The molecule has 142 valence electrons. The number of carbonyl (C=O) groups excluding carboxylic acids is 1. The minimum absolute atomic E-state index is 0.0302. The van der Waals surface area contributed by atoms with Gasteiger partial charge in [0.15, 0.2) is 11.5 Å². The molecule has 7 nitrogen and oxygen atoms in total. The van der Waals surface area contributed by atoms with Gasteiger partial charge in [0.05, 0.1) is 0 Å². The van der Waals surface area contributed by atoms with Crippen LogP contribution in [0.5, 0.6) is 11.5 Å². The third kappa shape index (κ3) is 3.68. The van der Waals surface area contributed by atoms with Crippen LogP contribution in [0.3, 0.4) is 0 Å². The van der Waals surface area contributed by atoms with Crippen LogP contribution >= 0.6 is 0 Å². The molecule has 1 amide bonds. The van der Waals surface area contributed by atoms with E-state index in [0.29, 0.717) is 41.7 Å². The topological polar surface area (TPSA) is 89.8 Å². The molecular weight excluding hydrogens is 348 g/mol. The molecule has 4 rings (SSSR count). The van der Waals surface area contributed by atoms with E-state index < -0.39 is 11.5 Å². The average Bonchev–Trinajstić information content (AvgIpc) is 2.68. The first kappa shape index (κ1) is 17.6. The summed E-state index contributed by atoms with van der Waals surface area (Å²) in [5.41, 5.74) is 0.585. The maximum atomic E-state index is 12.7. The van der Waals surface area contributed by atoms with Gasteiger partial charge in [0.25, 0.3) is 5.91 Å². The molecule has 2 aliphatic rings. The van der Waals surface area contributed by atoms with Crippen LogP contribution in [0, 0.1) is 6.92 Å². The third-order valence-corrected chi connectivity index (χ3v) is 4.94. The Labute approximate surface area is 156 Å². The van der Waals surface area contributed by atoms with E-state index in [1.54, 1.807) is 25.1 Å². The Balaban J connectivity index is 1.55. The highest BCUT2D eigenvalue weighted by atomic mass is 16.6. The number of carbonyl (C=O) groups is 1. The molecule has 1 aromatic heterocycles. The zero-order chi connectivity index (χ0) is 18.8. The molecule has 3 heterocycles. The lowest BCUT2D eigenvalue weighted by atomic mass is 9.94. The maximum absolute atomic E-state index is 12.7. The predicted octanol–water partition coefficient (Wildman–Crippen LogP) is 2.44. The fraction of sp³-hybridized carbons (Fsp3) is 0.400. The lowest BCUT2D eigenvalue weighted by molar-refractivity contribution is 0.102. The van der Waals surface area contributed by atoms with Crippen molar-refractivity contribution in [3.05, 3.63) is 51.6 Å². The number of piperidine rings is 1. The van der Waals surface area contributed by atoms with Gasteiger partial charge in [-0.25, -0.2) is 4.79 Å². The minimum atomic E-state index is -0.599. The Hall–Kier alpha value is -2.80. The normalized spacial score (nSPS) is 16.8. The summed E-state index contributed by atoms with van der Waals surface area (Å²) in [6, 6.07) is 6.95. The lowest BCUT2D eigenvalue weighted by Gasteiger charge is -2.22. The van der Waals surface area contributed by atoms with Crippen molar-refractivity contribution in [2.45, 2.75) is 25.7 Å². The van der Waals surface area contributed by atoms with Gasteiger partial charge in [-0.15, -0.1) is 0 Å². The van der Waals surface area contributed by atoms with Crippen molar-refractivity contribution in [3.63, 3.8) is 0 Å². The molecule has 0 atom stereocenters. The van der Waals surface area contributed by atoms with Crippen LogP contribution < -0.4 is 25.7 Å². The quantitative estimate of drug-likeness (QED) is 0.863. The number of ether oxygens (including phenoxy) is 2. The number of amides is 1. The molecule has 2 aromatic rings. The summed E-state index contributed by atoms with van der Waals surface area (Å²) in [4.78, 5) is 25.1. The predicted molar refractivity (Wildman–Crippen MR) is 99.9 cm³/mol. The highest BCUT2D eigenvalue weighted by Crippen LogP contribution is 2.33. The van der Waals surface area contributed by atoms with Crippen LogP contribution in [0.15, 0.2) is 33.5 Å². The van der Waals surface area contributed by atoms with Crippen LogP contribution in [0.2, 0.25) is 0 Å². The molecule has 1 saturated heterocycles. The second-order valence-electron chi connectivity index (χ2n) is 6.83. The van der Waals surface area contributed by atoms with Gasteiger partial charge in [0, 0.05) is 17.7 Å². The fourth-order valence-electron chi connectivity index (χ4n) is 3.53. The number of anilines is 1. The van der Waals surface area contributed by atoms with Gasteiger partial charge < -0.3 is 24.5 Å². The standard InChI is InChI=1S/C20H22N2O5/c1-12-10-16(13-4-6-21-7-5-13)27-20(24)18(12)19(23)22-14-2-3-15-17(11-14)26-9-8-25-15/h2-3,10-11,13,21H,4-9H2,1H3,(H,22,23). The molecule has 0 radical (unpaired) electrons. The fourth-order valence-corrected chi connectivity index (χ4v) is 3.53. The Morgan fingerprint density at radius 1 is 1.11 bits per heavy atom. The van der Waals surface area contributed by atoms with E-state index in [-0.39, 0.29) is 11.5 Å². The van der Waals surface area contributed by atoms with Crippen LogP contribution in [0.4, 0.5) is 5.69 Å². The van der Waals surface area contributed by atoms with E-state index in [1.807, 2.05) is 6.07 Å². The van der Waals surface area contributed by atoms with Crippen molar-refractivity contribution >= 4 is 11.6 Å². The molecule has 7 heteroatoms. The van der Waals surface area contributed by atoms with Gasteiger partial charge in [0.1, 0.15) is 24.5 Å². The number of hydrogen-bond acceptors (Lipinski definition) is 6. The molecule has 0 bridgehead atoms. The summed E-state index contributed by atoms with van der Waals surface area (Å²) < 4.78 is 16.5. The lowest BCUT2D eigenvalue weighted by Crippen LogP contribution is -2.28. The zero-order valence-corrected chi connectivity index (χ0v) is 15.2. The monoisotopic (exact) mass is 370 g/mol. The van der Waals surface area contributed by atoms with Gasteiger partial charge in [-0.05, 0) is 56.6 Å². The Morgan fingerprint density at radius 3 is 2.59 bits per heavy atom. The Bertz CT molecular complexity index is 915. The molecular formula is C20H22N2O5. The summed E-state index contributed by atoms with van der Waals surface area (Å²) >= 11 is 0. The molecule has 0 saturated carbocycles. The minimum Gasteiger partial charge on any atom is -0.486 e. The largest absolute Gasteiger partial charge is 0.486 e. The van der Waals surface area contributed by atoms with E-state index in [2.05, 4.69) is 10.6 Å². The summed E-state index contributed by atoms with van der Waals surface area (Å²) in [6.07, 6.45) is 1.84. The Kier molecular flexibility index (Phi) is 4.85. The molecule has 0 unspecified atom stereocenters. The first-order chi connectivity index (χ1) is 13.1. The number of benzene rings is 1. The molecule has 0 aliphatic carbocycles. The van der Waals surface area contributed by atoms with Crippen molar-refractivity contribution in [2.24, 2.45) is 0 Å². The van der Waals surface area contributed by atoms with E-state index in [4.69, 9.17) is 13.9 Å².